The molecule has 0 atom stereocenters. The van der Waals surface area contributed by atoms with E-state index in [-0.39, 0.29) is 5.02 Å². The highest BCUT2D eigenvalue weighted by Crippen LogP contribution is 2.36. The van der Waals surface area contributed by atoms with E-state index in [1.165, 1.54) is 4.90 Å². The Bertz CT molecular complexity index is 749. The van der Waals surface area contributed by atoms with Crippen molar-refractivity contribution in [3.05, 3.63) is 28.8 Å². The second-order valence-electron chi connectivity index (χ2n) is 5.53. The van der Waals surface area contributed by atoms with Crippen molar-refractivity contribution in [1.82, 2.24) is 14.5 Å². The molecule has 140 valence electrons. The van der Waals surface area contributed by atoms with Crippen LogP contribution >= 0.6 is 11.6 Å². The molecule has 0 saturated carbocycles. The molecule has 0 spiro atoms. The summed E-state index contributed by atoms with van der Waals surface area (Å²) in [7, 11) is -3.44. The molecule has 0 aromatic heterocycles. The lowest BCUT2D eigenvalue weighted by Crippen LogP contribution is -2.49. The van der Waals surface area contributed by atoms with Crippen molar-refractivity contribution in [2.75, 3.05) is 39.8 Å². The summed E-state index contributed by atoms with van der Waals surface area (Å²) >= 11 is 5.56. The first-order chi connectivity index (χ1) is 11.5. The van der Waals surface area contributed by atoms with Gasteiger partial charge in [0.1, 0.15) is 0 Å². The number of carbonyl (C=O) groups is 1. The number of benzene rings is 1. The van der Waals surface area contributed by atoms with E-state index in [4.69, 9.17) is 11.6 Å². The van der Waals surface area contributed by atoms with Gasteiger partial charge in [-0.05, 0) is 18.2 Å². The largest absolute Gasteiger partial charge is 0.417 e. The number of likely N-dealkylation sites (N-methyl/N-ethyl adjacent to an activating group) is 1. The molecule has 1 aliphatic heterocycles. The van der Waals surface area contributed by atoms with Crippen molar-refractivity contribution in [2.24, 2.45) is 0 Å². The number of nitrogens with one attached hydrogen (secondary N) is 1. The lowest BCUT2D eigenvalue weighted by atomic mass is 10.2. The van der Waals surface area contributed by atoms with E-state index in [1.54, 1.807) is 0 Å². The second-order valence-corrected chi connectivity index (χ2v) is 7.98. The molecule has 0 aliphatic carbocycles. The molecule has 1 saturated heterocycles. The van der Waals surface area contributed by atoms with Crippen LogP contribution in [0.5, 0.6) is 0 Å². The standard InChI is InChI=1S/C14H17ClF3N3O3S/c1-20(9-13(22)21-6-4-19-5-7-21)25(23,24)12-3-2-10(15)8-11(12)14(16,17)18/h2-3,8,19H,4-7,9H2,1H3. The van der Waals surface area contributed by atoms with Crippen LogP contribution in [0.25, 0.3) is 0 Å². The van der Waals surface area contributed by atoms with Gasteiger partial charge in [0.15, 0.2) is 0 Å². The van der Waals surface area contributed by atoms with Gasteiger partial charge in [0.2, 0.25) is 15.9 Å². The fourth-order valence-electron chi connectivity index (χ4n) is 2.41. The molecule has 1 heterocycles. The van der Waals surface area contributed by atoms with E-state index < -0.39 is 39.1 Å². The van der Waals surface area contributed by atoms with Gasteiger partial charge in [0, 0.05) is 38.2 Å². The van der Waals surface area contributed by atoms with Crippen LogP contribution in [0.3, 0.4) is 0 Å². The third kappa shape index (κ3) is 4.63. The summed E-state index contributed by atoms with van der Waals surface area (Å²) in [6, 6.07) is 2.42. The maximum atomic E-state index is 13.2. The summed E-state index contributed by atoms with van der Waals surface area (Å²) in [4.78, 5) is 12.7. The molecular formula is C14H17ClF3N3O3S. The smallest absolute Gasteiger partial charge is 0.339 e. The van der Waals surface area contributed by atoms with Gasteiger partial charge in [-0.15, -0.1) is 0 Å². The molecular weight excluding hydrogens is 383 g/mol. The van der Waals surface area contributed by atoms with E-state index in [2.05, 4.69) is 5.32 Å². The Balaban J connectivity index is 2.27. The predicted molar refractivity (Wildman–Crippen MR) is 85.7 cm³/mol. The number of hydrogen-bond donors (Lipinski definition) is 1. The molecule has 1 aromatic rings. The maximum absolute atomic E-state index is 13.2. The number of carbonyl (C=O) groups excluding carboxylic acids is 1. The van der Waals surface area contributed by atoms with Gasteiger partial charge in [-0.25, -0.2) is 8.42 Å². The Hall–Kier alpha value is -1.36. The molecule has 0 bridgehead atoms. The topological polar surface area (TPSA) is 69.7 Å². The van der Waals surface area contributed by atoms with E-state index in [0.717, 1.165) is 19.2 Å². The highest BCUT2D eigenvalue weighted by Gasteiger charge is 2.39. The van der Waals surface area contributed by atoms with Crippen LogP contribution in [0.1, 0.15) is 5.56 Å². The Morgan fingerprint density at radius 1 is 1.32 bits per heavy atom. The fourth-order valence-corrected chi connectivity index (χ4v) is 3.89. The van der Waals surface area contributed by atoms with Crippen LogP contribution in [0.15, 0.2) is 23.1 Å². The van der Waals surface area contributed by atoms with E-state index in [1.807, 2.05) is 0 Å². The molecule has 0 unspecified atom stereocenters. The second kappa shape index (κ2) is 7.48. The summed E-state index contributed by atoms with van der Waals surface area (Å²) in [6.07, 6.45) is -4.89. The van der Waals surface area contributed by atoms with E-state index in [0.29, 0.717) is 36.6 Å². The monoisotopic (exact) mass is 399 g/mol. The number of rotatable bonds is 4. The predicted octanol–water partition coefficient (Wildman–Crippen LogP) is 1.41. The minimum absolute atomic E-state index is 0.231. The number of hydrogen-bond acceptors (Lipinski definition) is 4. The van der Waals surface area contributed by atoms with Gasteiger partial charge < -0.3 is 10.2 Å². The van der Waals surface area contributed by atoms with Crippen LogP contribution in [-0.4, -0.2) is 63.3 Å². The number of sulfonamides is 1. The summed E-state index contributed by atoms with van der Waals surface area (Å²) in [5.74, 6) is -0.463. The van der Waals surface area contributed by atoms with Crippen LogP contribution < -0.4 is 5.32 Å². The first-order valence-electron chi connectivity index (χ1n) is 7.35. The van der Waals surface area contributed by atoms with Crippen molar-refractivity contribution in [2.45, 2.75) is 11.1 Å². The number of alkyl halides is 3. The van der Waals surface area contributed by atoms with E-state index in [9.17, 15) is 26.4 Å². The molecule has 6 nitrogen and oxygen atoms in total. The third-order valence-corrected chi connectivity index (χ3v) is 5.86. The van der Waals surface area contributed by atoms with Gasteiger partial charge in [-0.1, -0.05) is 11.6 Å². The zero-order valence-corrected chi connectivity index (χ0v) is 14.9. The average molecular weight is 400 g/mol. The Labute approximate surface area is 148 Å². The molecule has 2 rings (SSSR count). The number of halogens is 4. The molecule has 11 heteroatoms. The Morgan fingerprint density at radius 3 is 2.48 bits per heavy atom. The van der Waals surface area contributed by atoms with Crippen molar-refractivity contribution in [3.8, 4) is 0 Å². The highest BCUT2D eigenvalue weighted by molar-refractivity contribution is 7.89. The summed E-state index contributed by atoms with van der Waals surface area (Å²) in [5, 5.41) is 2.81. The first-order valence-corrected chi connectivity index (χ1v) is 9.17. The van der Waals surface area contributed by atoms with Crippen LogP contribution in [0.2, 0.25) is 5.02 Å². The van der Waals surface area contributed by atoms with Gasteiger partial charge in [0.25, 0.3) is 0 Å². The van der Waals surface area contributed by atoms with Crippen molar-refractivity contribution >= 4 is 27.5 Å². The molecule has 1 aromatic carbocycles. The fraction of sp³-hybridized carbons (Fsp3) is 0.500. The van der Waals surface area contributed by atoms with Crippen LogP contribution in [-0.2, 0) is 21.0 Å². The summed E-state index contributed by atoms with van der Waals surface area (Å²) in [5.41, 5.74) is -1.36. The molecule has 0 radical (unpaired) electrons. The summed E-state index contributed by atoms with van der Waals surface area (Å²) in [6.45, 7) is 1.46. The average Bonchev–Trinajstić information content (AvgIpc) is 2.54. The third-order valence-electron chi connectivity index (χ3n) is 3.76. The van der Waals surface area contributed by atoms with Crippen molar-refractivity contribution in [1.29, 1.82) is 0 Å². The van der Waals surface area contributed by atoms with Crippen molar-refractivity contribution in [3.63, 3.8) is 0 Å². The lowest BCUT2D eigenvalue weighted by Gasteiger charge is -2.29. The van der Waals surface area contributed by atoms with Crippen LogP contribution in [0.4, 0.5) is 13.2 Å². The molecule has 25 heavy (non-hydrogen) atoms. The normalized spacial score (nSPS) is 16.3. The van der Waals surface area contributed by atoms with E-state index >= 15 is 0 Å². The zero-order chi connectivity index (χ0) is 18.8. The van der Waals surface area contributed by atoms with Gasteiger partial charge in [0.05, 0.1) is 17.0 Å². The van der Waals surface area contributed by atoms with Crippen LogP contribution in [0, 0.1) is 0 Å². The minimum atomic E-state index is -4.89. The minimum Gasteiger partial charge on any atom is -0.339 e. The Morgan fingerprint density at radius 2 is 1.92 bits per heavy atom. The highest BCUT2D eigenvalue weighted by atomic mass is 35.5. The van der Waals surface area contributed by atoms with Gasteiger partial charge in [-0.2, -0.15) is 17.5 Å². The number of amides is 1. The zero-order valence-electron chi connectivity index (χ0n) is 13.3. The van der Waals surface area contributed by atoms with Gasteiger partial charge >= 0.3 is 6.18 Å². The first kappa shape index (κ1) is 20.0. The SMILES string of the molecule is CN(CC(=O)N1CCNCC1)S(=O)(=O)c1ccc(Cl)cc1C(F)(F)F. The summed E-state index contributed by atoms with van der Waals surface area (Å²) < 4.78 is 65.1. The number of nitrogens with zero attached hydrogens (tertiary/aromatic N) is 2. The molecule has 1 N–H and O–H groups in total. The lowest BCUT2D eigenvalue weighted by molar-refractivity contribution is -0.139. The Kier molecular flexibility index (Phi) is 5.97. The van der Waals surface area contributed by atoms with Crippen molar-refractivity contribution < 1.29 is 26.4 Å². The quantitative estimate of drug-likeness (QED) is 0.831. The molecule has 1 aliphatic rings. The van der Waals surface area contributed by atoms with Gasteiger partial charge in [-0.3, -0.25) is 4.79 Å². The molecule has 1 fully saturated rings. The number of piperazine rings is 1. The molecule has 1 amide bonds. The maximum Gasteiger partial charge on any atom is 0.417 e.